The molecule has 1 aliphatic heterocycles. The third-order valence-corrected chi connectivity index (χ3v) is 5.38. The van der Waals surface area contributed by atoms with Crippen molar-refractivity contribution in [1.82, 2.24) is 0 Å². The molecule has 1 heterocycles. The van der Waals surface area contributed by atoms with Crippen LogP contribution in [0.3, 0.4) is 0 Å². The van der Waals surface area contributed by atoms with Crippen molar-refractivity contribution < 1.29 is 9.90 Å². The van der Waals surface area contributed by atoms with Crippen LogP contribution in [-0.4, -0.2) is 21.4 Å². The number of carbonyl (C=O) groups is 1. The fourth-order valence-electron chi connectivity index (χ4n) is 3.18. The van der Waals surface area contributed by atoms with Gasteiger partial charge in [-0.2, -0.15) is 0 Å². The SMILES string of the molecule is CC1(O)CCC2(C(=O)Nc3ccccc32)C(Br)C1. The van der Waals surface area contributed by atoms with Crippen molar-refractivity contribution in [2.24, 2.45) is 0 Å². The fourth-order valence-corrected chi connectivity index (χ4v) is 4.56. The summed E-state index contributed by atoms with van der Waals surface area (Å²) in [6, 6.07) is 7.85. The van der Waals surface area contributed by atoms with Gasteiger partial charge in [0.2, 0.25) is 5.91 Å². The number of aliphatic hydroxyl groups is 1. The first kappa shape index (κ1) is 12.2. The summed E-state index contributed by atoms with van der Waals surface area (Å²) in [7, 11) is 0. The third kappa shape index (κ3) is 1.55. The van der Waals surface area contributed by atoms with Gasteiger partial charge in [-0.05, 0) is 37.8 Å². The quantitative estimate of drug-likeness (QED) is 0.724. The largest absolute Gasteiger partial charge is 0.390 e. The number of benzene rings is 1. The Labute approximate surface area is 115 Å². The highest BCUT2D eigenvalue weighted by molar-refractivity contribution is 9.09. The molecule has 0 aromatic heterocycles. The molecule has 1 fully saturated rings. The van der Waals surface area contributed by atoms with E-state index < -0.39 is 11.0 Å². The summed E-state index contributed by atoms with van der Waals surface area (Å²) in [6.07, 6.45) is 1.92. The molecule has 1 spiro atoms. The third-order valence-electron chi connectivity index (χ3n) is 4.27. The van der Waals surface area contributed by atoms with Crippen molar-refractivity contribution in [2.45, 2.75) is 42.0 Å². The second-order valence-electron chi connectivity index (χ2n) is 5.64. The molecule has 1 aromatic rings. The van der Waals surface area contributed by atoms with Crippen molar-refractivity contribution in [3.63, 3.8) is 0 Å². The van der Waals surface area contributed by atoms with Crippen molar-refractivity contribution >= 4 is 27.5 Å². The summed E-state index contributed by atoms with van der Waals surface area (Å²) in [5, 5.41) is 13.1. The van der Waals surface area contributed by atoms with E-state index in [-0.39, 0.29) is 10.7 Å². The number of hydrogen-bond acceptors (Lipinski definition) is 2. The molecular formula is C14H16BrNO2. The Hall–Kier alpha value is -0.870. The number of fused-ring (bicyclic) bond motifs is 2. The monoisotopic (exact) mass is 309 g/mol. The van der Waals surface area contributed by atoms with Gasteiger partial charge < -0.3 is 10.4 Å². The average Bonchev–Trinajstić information content (AvgIpc) is 2.57. The lowest BCUT2D eigenvalue weighted by Gasteiger charge is -2.43. The van der Waals surface area contributed by atoms with Gasteiger partial charge in [-0.15, -0.1) is 0 Å². The van der Waals surface area contributed by atoms with Crippen molar-refractivity contribution in [2.75, 3.05) is 5.32 Å². The topological polar surface area (TPSA) is 49.3 Å². The van der Waals surface area contributed by atoms with E-state index in [2.05, 4.69) is 21.2 Å². The molecule has 18 heavy (non-hydrogen) atoms. The Kier molecular flexibility index (Phi) is 2.58. The Morgan fingerprint density at radius 2 is 2.11 bits per heavy atom. The number of halogens is 1. The number of para-hydroxylation sites is 1. The van der Waals surface area contributed by atoms with E-state index in [4.69, 9.17) is 0 Å². The zero-order chi connectivity index (χ0) is 13.0. The maximum atomic E-state index is 12.4. The van der Waals surface area contributed by atoms with Crippen molar-refractivity contribution in [3.8, 4) is 0 Å². The summed E-state index contributed by atoms with van der Waals surface area (Å²) in [4.78, 5) is 12.4. The normalized spacial score (nSPS) is 38.6. The van der Waals surface area contributed by atoms with Gasteiger partial charge in [-0.25, -0.2) is 0 Å². The van der Waals surface area contributed by atoms with Crippen LogP contribution in [0.5, 0.6) is 0 Å². The first-order chi connectivity index (χ1) is 8.46. The van der Waals surface area contributed by atoms with Gasteiger partial charge in [0.1, 0.15) is 0 Å². The Morgan fingerprint density at radius 3 is 2.83 bits per heavy atom. The van der Waals surface area contributed by atoms with E-state index in [1.54, 1.807) is 0 Å². The molecule has 3 nitrogen and oxygen atoms in total. The molecule has 96 valence electrons. The summed E-state index contributed by atoms with van der Waals surface area (Å²) >= 11 is 3.64. The molecule has 0 radical (unpaired) electrons. The minimum atomic E-state index is -0.683. The average molecular weight is 310 g/mol. The van der Waals surface area contributed by atoms with Crippen LogP contribution in [0.2, 0.25) is 0 Å². The van der Waals surface area contributed by atoms with Crippen LogP contribution in [-0.2, 0) is 10.2 Å². The van der Waals surface area contributed by atoms with Crippen LogP contribution >= 0.6 is 15.9 Å². The van der Waals surface area contributed by atoms with Gasteiger partial charge in [0.05, 0.1) is 11.0 Å². The van der Waals surface area contributed by atoms with E-state index in [0.29, 0.717) is 19.3 Å². The van der Waals surface area contributed by atoms with Crippen molar-refractivity contribution in [3.05, 3.63) is 29.8 Å². The number of nitrogens with one attached hydrogen (secondary N) is 1. The molecule has 3 unspecified atom stereocenters. The molecule has 1 aromatic carbocycles. The minimum absolute atomic E-state index is 0.0302. The molecule has 1 aliphatic carbocycles. The van der Waals surface area contributed by atoms with Gasteiger partial charge in [0.25, 0.3) is 0 Å². The molecule has 1 amide bonds. The van der Waals surface area contributed by atoms with E-state index in [0.717, 1.165) is 11.3 Å². The van der Waals surface area contributed by atoms with Crippen LogP contribution in [0.25, 0.3) is 0 Å². The van der Waals surface area contributed by atoms with E-state index in [1.807, 2.05) is 31.2 Å². The van der Waals surface area contributed by atoms with Crippen LogP contribution in [0.4, 0.5) is 5.69 Å². The number of rotatable bonds is 0. The van der Waals surface area contributed by atoms with Gasteiger partial charge >= 0.3 is 0 Å². The Bertz CT molecular complexity index is 514. The number of alkyl halides is 1. The molecular weight excluding hydrogens is 294 g/mol. The van der Waals surface area contributed by atoms with E-state index >= 15 is 0 Å². The second-order valence-corrected chi connectivity index (χ2v) is 6.74. The van der Waals surface area contributed by atoms with Crippen LogP contribution in [0.1, 0.15) is 31.7 Å². The van der Waals surface area contributed by atoms with Gasteiger partial charge in [0.15, 0.2) is 0 Å². The summed E-state index contributed by atoms with van der Waals surface area (Å²) < 4.78 is 0. The van der Waals surface area contributed by atoms with Crippen LogP contribution in [0.15, 0.2) is 24.3 Å². The van der Waals surface area contributed by atoms with Crippen LogP contribution in [0, 0.1) is 0 Å². The lowest BCUT2D eigenvalue weighted by atomic mass is 9.66. The highest BCUT2D eigenvalue weighted by Gasteiger charge is 2.55. The molecule has 0 saturated heterocycles. The molecule has 3 atom stereocenters. The number of anilines is 1. The van der Waals surface area contributed by atoms with E-state index in [1.165, 1.54) is 0 Å². The highest BCUT2D eigenvalue weighted by atomic mass is 79.9. The Morgan fingerprint density at radius 1 is 1.39 bits per heavy atom. The lowest BCUT2D eigenvalue weighted by Crippen LogP contribution is -2.51. The predicted octanol–water partition coefficient (Wildman–Crippen LogP) is 2.57. The number of amides is 1. The first-order valence-corrected chi connectivity index (χ1v) is 7.15. The maximum absolute atomic E-state index is 12.4. The van der Waals surface area contributed by atoms with E-state index in [9.17, 15) is 9.90 Å². The lowest BCUT2D eigenvalue weighted by molar-refractivity contribution is -0.123. The maximum Gasteiger partial charge on any atom is 0.236 e. The zero-order valence-corrected chi connectivity index (χ0v) is 11.8. The minimum Gasteiger partial charge on any atom is -0.390 e. The first-order valence-electron chi connectivity index (χ1n) is 6.23. The summed E-state index contributed by atoms with van der Waals surface area (Å²) in [6.45, 7) is 1.84. The van der Waals surface area contributed by atoms with Gasteiger partial charge in [0, 0.05) is 10.5 Å². The number of carbonyl (C=O) groups excluding carboxylic acids is 1. The van der Waals surface area contributed by atoms with Gasteiger partial charge in [-0.3, -0.25) is 4.79 Å². The standard InChI is InChI=1S/C14H16BrNO2/c1-13(18)6-7-14(11(15)8-13)9-4-2-3-5-10(9)16-12(14)17/h2-5,11,18H,6-8H2,1H3,(H,16,17). The molecule has 1 saturated carbocycles. The smallest absolute Gasteiger partial charge is 0.236 e. The van der Waals surface area contributed by atoms with Crippen molar-refractivity contribution in [1.29, 1.82) is 0 Å². The molecule has 0 bridgehead atoms. The summed E-state index contributed by atoms with van der Waals surface area (Å²) in [5.74, 6) is 0.0566. The zero-order valence-electron chi connectivity index (χ0n) is 10.2. The Balaban J connectivity index is 2.08. The molecule has 3 rings (SSSR count). The highest BCUT2D eigenvalue weighted by Crippen LogP contribution is 2.52. The molecule has 2 aliphatic rings. The second kappa shape index (κ2) is 3.81. The van der Waals surface area contributed by atoms with Gasteiger partial charge in [-0.1, -0.05) is 34.1 Å². The predicted molar refractivity (Wildman–Crippen MR) is 73.9 cm³/mol. The summed E-state index contributed by atoms with van der Waals surface area (Å²) in [5.41, 5.74) is 0.775. The number of hydrogen-bond donors (Lipinski definition) is 2. The van der Waals surface area contributed by atoms with Crippen LogP contribution < -0.4 is 5.32 Å². The molecule has 2 N–H and O–H groups in total. The fraction of sp³-hybridized carbons (Fsp3) is 0.500. The molecule has 4 heteroatoms.